The topological polar surface area (TPSA) is 64.3 Å². The van der Waals surface area contributed by atoms with Crippen molar-refractivity contribution in [3.05, 3.63) is 59.4 Å². The number of imidazole rings is 1. The number of nitrogens with one attached hydrogen (secondary N) is 2. The van der Waals surface area contributed by atoms with Gasteiger partial charge in [-0.25, -0.2) is 4.98 Å². The van der Waals surface area contributed by atoms with Gasteiger partial charge in [0.1, 0.15) is 5.82 Å². The SMILES string of the molecule is Cc1ccc(NCC(=O)N2CCCN(Cc3nc4ccccc4[nH]3)CC2)cc1C. The summed E-state index contributed by atoms with van der Waals surface area (Å²) in [5, 5.41) is 3.28. The molecule has 1 fully saturated rings. The van der Waals surface area contributed by atoms with Gasteiger partial charge in [-0.1, -0.05) is 18.2 Å². The van der Waals surface area contributed by atoms with Crippen LogP contribution in [0, 0.1) is 13.8 Å². The first kappa shape index (κ1) is 19.5. The lowest BCUT2D eigenvalue weighted by Gasteiger charge is -2.22. The lowest BCUT2D eigenvalue weighted by Crippen LogP contribution is -2.38. The van der Waals surface area contributed by atoms with Crippen LogP contribution in [0.15, 0.2) is 42.5 Å². The summed E-state index contributed by atoms with van der Waals surface area (Å²) in [5.74, 6) is 1.15. The van der Waals surface area contributed by atoms with Crippen molar-refractivity contribution in [3.63, 3.8) is 0 Å². The number of carbonyl (C=O) groups is 1. The molecular formula is C23H29N5O. The maximum atomic E-state index is 12.7. The third kappa shape index (κ3) is 4.77. The van der Waals surface area contributed by atoms with Crippen molar-refractivity contribution in [1.29, 1.82) is 0 Å². The Labute approximate surface area is 171 Å². The van der Waals surface area contributed by atoms with Gasteiger partial charge in [0.25, 0.3) is 0 Å². The van der Waals surface area contributed by atoms with Gasteiger partial charge in [0.2, 0.25) is 5.91 Å². The molecule has 2 heterocycles. The van der Waals surface area contributed by atoms with E-state index < -0.39 is 0 Å². The number of anilines is 1. The standard InChI is InChI=1S/C23H29N5O/c1-17-8-9-19(14-18(17)2)24-15-23(29)28-11-5-10-27(12-13-28)16-22-25-20-6-3-4-7-21(20)26-22/h3-4,6-9,14,24H,5,10-13,15-16H2,1-2H3,(H,25,26). The Hall–Kier alpha value is -2.86. The molecule has 29 heavy (non-hydrogen) atoms. The lowest BCUT2D eigenvalue weighted by atomic mass is 10.1. The van der Waals surface area contributed by atoms with Crippen molar-refractivity contribution in [1.82, 2.24) is 19.8 Å². The van der Waals surface area contributed by atoms with Crippen LogP contribution in [0.1, 0.15) is 23.4 Å². The lowest BCUT2D eigenvalue weighted by molar-refractivity contribution is -0.129. The zero-order valence-electron chi connectivity index (χ0n) is 17.2. The second kappa shape index (κ2) is 8.66. The second-order valence-electron chi connectivity index (χ2n) is 7.86. The predicted molar refractivity (Wildman–Crippen MR) is 117 cm³/mol. The molecule has 3 aromatic rings. The van der Waals surface area contributed by atoms with E-state index in [9.17, 15) is 4.79 Å². The maximum absolute atomic E-state index is 12.7. The number of H-pyrrole nitrogens is 1. The Morgan fingerprint density at radius 3 is 2.76 bits per heavy atom. The molecule has 2 N–H and O–H groups in total. The molecule has 0 aliphatic carbocycles. The third-order valence-corrected chi connectivity index (χ3v) is 5.70. The van der Waals surface area contributed by atoms with Crippen molar-refractivity contribution in [2.45, 2.75) is 26.8 Å². The Morgan fingerprint density at radius 2 is 1.93 bits per heavy atom. The number of carbonyl (C=O) groups excluding carboxylic acids is 1. The van der Waals surface area contributed by atoms with Crippen LogP contribution in [0.2, 0.25) is 0 Å². The fraction of sp³-hybridized carbons (Fsp3) is 0.391. The molecule has 1 amide bonds. The molecule has 1 aromatic heterocycles. The molecule has 6 nitrogen and oxygen atoms in total. The minimum atomic E-state index is 0.161. The minimum Gasteiger partial charge on any atom is -0.376 e. The first-order valence-electron chi connectivity index (χ1n) is 10.3. The van der Waals surface area contributed by atoms with Gasteiger partial charge in [-0.3, -0.25) is 9.69 Å². The van der Waals surface area contributed by atoms with Crippen LogP contribution in [-0.2, 0) is 11.3 Å². The van der Waals surface area contributed by atoms with Crippen molar-refractivity contribution in [3.8, 4) is 0 Å². The second-order valence-corrected chi connectivity index (χ2v) is 7.86. The summed E-state index contributed by atoms with van der Waals surface area (Å²) in [6.07, 6.45) is 0.982. The van der Waals surface area contributed by atoms with Gasteiger partial charge < -0.3 is 15.2 Å². The van der Waals surface area contributed by atoms with E-state index in [1.807, 2.05) is 29.2 Å². The van der Waals surface area contributed by atoms with Crippen molar-refractivity contribution in [2.75, 3.05) is 38.0 Å². The Kier molecular flexibility index (Phi) is 5.81. The fourth-order valence-corrected chi connectivity index (χ4v) is 3.81. The van der Waals surface area contributed by atoms with Gasteiger partial charge in [0.05, 0.1) is 24.1 Å². The molecule has 2 aromatic carbocycles. The molecule has 0 spiro atoms. The zero-order chi connectivity index (χ0) is 20.2. The number of fused-ring (bicyclic) bond motifs is 1. The average molecular weight is 392 g/mol. The number of nitrogens with zero attached hydrogens (tertiary/aromatic N) is 3. The summed E-state index contributed by atoms with van der Waals surface area (Å²) >= 11 is 0. The molecule has 1 aliphatic heterocycles. The molecule has 0 saturated carbocycles. The molecule has 1 aliphatic rings. The van der Waals surface area contributed by atoms with Crippen LogP contribution >= 0.6 is 0 Å². The minimum absolute atomic E-state index is 0.161. The highest BCUT2D eigenvalue weighted by molar-refractivity contribution is 5.81. The van der Waals surface area contributed by atoms with E-state index in [1.165, 1.54) is 11.1 Å². The quantitative estimate of drug-likeness (QED) is 0.700. The van der Waals surface area contributed by atoms with Gasteiger partial charge in [-0.15, -0.1) is 0 Å². The number of aromatic nitrogens is 2. The molecule has 0 atom stereocenters. The summed E-state index contributed by atoms with van der Waals surface area (Å²) in [7, 11) is 0. The highest BCUT2D eigenvalue weighted by atomic mass is 16.2. The smallest absolute Gasteiger partial charge is 0.241 e. The highest BCUT2D eigenvalue weighted by Crippen LogP contribution is 2.15. The van der Waals surface area contributed by atoms with E-state index in [-0.39, 0.29) is 5.91 Å². The predicted octanol–water partition coefficient (Wildman–Crippen LogP) is 3.33. The number of aryl methyl sites for hydroxylation is 2. The summed E-state index contributed by atoms with van der Waals surface area (Å²) in [6.45, 7) is 8.73. The van der Waals surface area contributed by atoms with Crippen molar-refractivity contribution in [2.24, 2.45) is 0 Å². The Balaban J connectivity index is 1.29. The number of aromatic amines is 1. The number of amides is 1. The number of hydrogen-bond acceptors (Lipinski definition) is 4. The van der Waals surface area contributed by atoms with E-state index in [0.29, 0.717) is 6.54 Å². The summed E-state index contributed by atoms with van der Waals surface area (Å²) in [4.78, 5) is 25.1. The average Bonchev–Trinajstić information content (AvgIpc) is 2.98. The van der Waals surface area contributed by atoms with Crippen LogP contribution in [0.4, 0.5) is 5.69 Å². The van der Waals surface area contributed by atoms with E-state index in [1.54, 1.807) is 0 Å². The summed E-state index contributed by atoms with van der Waals surface area (Å²) in [6, 6.07) is 14.3. The van der Waals surface area contributed by atoms with Crippen molar-refractivity contribution >= 4 is 22.6 Å². The van der Waals surface area contributed by atoms with Gasteiger partial charge in [0.15, 0.2) is 0 Å². The molecule has 152 valence electrons. The van der Waals surface area contributed by atoms with E-state index in [0.717, 1.165) is 61.7 Å². The number of rotatable bonds is 5. The normalized spacial score (nSPS) is 15.4. The summed E-state index contributed by atoms with van der Waals surface area (Å²) in [5.41, 5.74) is 5.58. The van der Waals surface area contributed by atoms with Crippen LogP contribution in [-0.4, -0.2) is 58.4 Å². The van der Waals surface area contributed by atoms with E-state index >= 15 is 0 Å². The Morgan fingerprint density at radius 1 is 1.07 bits per heavy atom. The molecular weight excluding hydrogens is 362 g/mol. The van der Waals surface area contributed by atoms with Crippen LogP contribution < -0.4 is 5.32 Å². The van der Waals surface area contributed by atoms with Gasteiger partial charge in [-0.05, 0) is 55.7 Å². The molecule has 0 radical (unpaired) electrons. The molecule has 4 rings (SSSR count). The van der Waals surface area contributed by atoms with Gasteiger partial charge in [0, 0.05) is 31.9 Å². The first-order valence-corrected chi connectivity index (χ1v) is 10.3. The number of hydrogen-bond donors (Lipinski definition) is 2. The first-order chi connectivity index (χ1) is 14.1. The Bertz CT molecular complexity index is 963. The summed E-state index contributed by atoms with van der Waals surface area (Å²) < 4.78 is 0. The third-order valence-electron chi connectivity index (χ3n) is 5.70. The number of benzene rings is 2. The number of para-hydroxylation sites is 2. The monoisotopic (exact) mass is 391 g/mol. The van der Waals surface area contributed by atoms with Gasteiger partial charge >= 0.3 is 0 Å². The molecule has 6 heteroatoms. The van der Waals surface area contributed by atoms with Gasteiger partial charge in [-0.2, -0.15) is 0 Å². The van der Waals surface area contributed by atoms with E-state index in [4.69, 9.17) is 0 Å². The molecule has 0 bridgehead atoms. The molecule has 0 unspecified atom stereocenters. The molecule has 1 saturated heterocycles. The van der Waals surface area contributed by atoms with Crippen LogP contribution in [0.25, 0.3) is 11.0 Å². The fourth-order valence-electron chi connectivity index (χ4n) is 3.81. The zero-order valence-corrected chi connectivity index (χ0v) is 17.2. The maximum Gasteiger partial charge on any atom is 0.241 e. The van der Waals surface area contributed by atoms with Crippen molar-refractivity contribution < 1.29 is 4.79 Å². The highest BCUT2D eigenvalue weighted by Gasteiger charge is 2.19. The van der Waals surface area contributed by atoms with Crippen LogP contribution in [0.3, 0.4) is 0 Å². The van der Waals surface area contributed by atoms with E-state index in [2.05, 4.69) is 52.2 Å². The largest absolute Gasteiger partial charge is 0.376 e. The van der Waals surface area contributed by atoms with Crippen LogP contribution in [0.5, 0.6) is 0 Å².